The largest absolute Gasteiger partial charge is 0.261 e. The van der Waals surface area contributed by atoms with Crippen LogP contribution in [-0.4, -0.2) is 31.8 Å². The van der Waals surface area contributed by atoms with Gasteiger partial charge in [0.2, 0.25) is 0 Å². The van der Waals surface area contributed by atoms with Gasteiger partial charge in [-0.05, 0) is 6.07 Å². The SMILES string of the molecule is BrC1(Br)C=NC(c2ncccn2)=NC1. The average molecular weight is 318 g/mol. The molecule has 0 radical (unpaired) electrons. The molecule has 1 aromatic rings. The van der Waals surface area contributed by atoms with Gasteiger partial charge in [-0.15, -0.1) is 0 Å². The van der Waals surface area contributed by atoms with E-state index in [0.29, 0.717) is 18.2 Å². The minimum atomic E-state index is -0.321. The van der Waals surface area contributed by atoms with E-state index in [1.807, 2.05) is 0 Å². The Morgan fingerprint density at radius 1 is 1.21 bits per heavy atom. The van der Waals surface area contributed by atoms with Crippen molar-refractivity contribution in [2.24, 2.45) is 9.98 Å². The predicted molar refractivity (Wildman–Crippen MR) is 62.5 cm³/mol. The molecular weight excluding hydrogens is 312 g/mol. The second-order valence-electron chi connectivity index (χ2n) is 2.73. The Balaban J connectivity index is 2.25. The molecule has 6 heteroatoms. The smallest absolute Gasteiger partial charge is 0.197 e. The number of rotatable bonds is 1. The molecule has 0 unspecified atom stereocenters. The van der Waals surface area contributed by atoms with Gasteiger partial charge < -0.3 is 0 Å². The maximum absolute atomic E-state index is 4.25. The summed E-state index contributed by atoms with van der Waals surface area (Å²) in [6, 6.07) is 1.76. The summed E-state index contributed by atoms with van der Waals surface area (Å²) >= 11 is 6.82. The maximum atomic E-state index is 4.25. The van der Waals surface area contributed by atoms with Crippen LogP contribution in [0.4, 0.5) is 0 Å². The maximum Gasteiger partial charge on any atom is 0.197 e. The van der Waals surface area contributed by atoms with E-state index in [1.54, 1.807) is 24.7 Å². The van der Waals surface area contributed by atoms with Crippen LogP contribution in [0, 0.1) is 0 Å². The molecule has 0 atom stereocenters. The van der Waals surface area contributed by atoms with Gasteiger partial charge in [0.15, 0.2) is 11.7 Å². The van der Waals surface area contributed by atoms with Crippen molar-refractivity contribution in [3.8, 4) is 0 Å². The Labute approximate surface area is 97.9 Å². The normalized spacial score (nSPS) is 19.1. The number of amidine groups is 1. The van der Waals surface area contributed by atoms with E-state index in [-0.39, 0.29) is 3.23 Å². The molecule has 72 valence electrons. The summed E-state index contributed by atoms with van der Waals surface area (Å²) in [6.07, 6.45) is 5.08. The van der Waals surface area contributed by atoms with E-state index in [9.17, 15) is 0 Å². The van der Waals surface area contributed by atoms with Crippen molar-refractivity contribution in [1.82, 2.24) is 9.97 Å². The summed E-state index contributed by atoms with van der Waals surface area (Å²) < 4.78 is -0.321. The molecule has 2 rings (SSSR count). The second kappa shape index (κ2) is 3.86. The average Bonchev–Trinajstić information content (AvgIpc) is 2.19. The molecule has 0 amide bonds. The zero-order valence-electron chi connectivity index (χ0n) is 7.06. The predicted octanol–water partition coefficient (Wildman–Crippen LogP) is 1.79. The van der Waals surface area contributed by atoms with E-state index in [2.05, 4.69) is 51.8 Å². The van der Waals surface area contributed by atoms with Gasteiger partial charge in [0.05, 0.1) is 6.54 Å². The standard InChI is InChI=1S/C8H6Br2N4/c9-8(10)4-13-7(14-5-8)6-11-2-1-3-12-6/h1-4H,5H2. The highest BCUT2D eigenvalue weighted by molar-refractivity contribution is 9.25. The highest BCUT2D eigenvalue weighted by Gasteiger charge is 2.24. The third-order valence-electron chi connectivity index (χ3n) is 1.58. The van der Waals surface area contributed by atoms with Gasteiger partial charge in [0.1, 0.15) is 3.23 Å². The highest BCUT2D eigenvalue weighted by Crippen LogP contribution is 2.26. The molecule has 0 N–H and O–H groups in total. The van der Waals surface area contributed by atoms with Gasteiger partial charge in [-0.1, -0.05) is 31.9 Å². The van der Waals surface area contributed by atoms with Crippen LogP contribution < -0.4 is 0 Å². The van der Waals surface area contributed by atoms with E-state index in [0.717, 1.165) is 0 Å². The first-order chi connectivity index (χ1) is 6.67. The molecule has 0 aromatic carbocycles. The zero-order chi connectivity index (χ0) is 10.0. The molecule has 0 bridgehead atoms. The fourth-order valence-corrected chi connectivity index (χ4v) is 1.42. The van der Waals surface area contributed by atoms with Crippen LogP contribution in [0.3, 0.4) is 0 Å². The van der Waals surface area contributed by atoms with Crippen molar-refractivity contribution in [2.75, 3.05) is 6.54 Å². The van der Waals surface area contributed by atoms with Crippen LogP contribution in [0.5, 0.6) is 0 Å². The number of alkyl halides is 2. The summed E-state index contributed by atoms with van der Waals surface area (Å²) in [7, 11) is 0. The third kappa shape index (κ3) is 2.24. The van der Waals surface area contributed by atoms with Gasteiger partial charge in [-0.2, -0.15) is 0 Å². The lowest BCUT2D eigenvalue weighted by Gasteiger charge is -2.16. The fourth-order valence-electron chi connectivity index (χ4n) is 0.961. The molecule has 4 nitrogen and oxygen atoms in total. The van der Waals surface area contributed by atoms with Crippen molar-refractivity contribution in [3.63, 3.8) is 0 Å². The Morgan fingerprint density at radius 3 is 2.50 bits per heavy atom. The van der Waals surface area contributed by atoms with Gasteiger partial charge in [-0.3, -0.25) is 4.99 Å². The summed E-state index contributed by atoms with van der Waals surface area (Å²) in [5.74, 6) is 1.12. The molecule has 1 aromatic heterocycles. The van der Waals surface area contributed by atoms with Crippen molar-refractivity contribution >= 4 is 43.9 Å². The van der Waals surface area contributed by atoms with Crippen molar-refractivity contribution in [2.45, 2.75) is 3.23 Å². The van der Waals surface area contributed by atoms with Crippen LogP contribution in [0.1, 0.15) is 5.82 Å². The first-order valence-corrected chi connectivity index (χ1v) is 5.51. The minimum absolute atomic E-state index is 0.321. The topological polar surface area (TPSA) is 50.5 Å². The van der Waals surface area contributed by atoms with Gasteiger partial charge in [0, 0.05) is 18.6 Å². The van der Waals surface area contributed by atoms with Gasteiger partial charge in [0.25, 0.3) is 0 Å². The third-order valence-corrected chi connectivity index (χ3v) is 2.49. The Bertz CT molecular complexity index is 386. The van der Waals surface area contributed by atoms with Crippen LogP contribution in [0.15, 0.2) is 28.4 Å². The molecule has 1 aliphatic heterocycles. The summed E-state index contributed by atoms with van der Waals surface area (Å²) in [4.78, 5) is 16.5. The van der Waals surface area contributed by atoms with Crippen molar-refractivity contribution < 1.29 is 0 Å². The van der Waals surface area contributed by atoms with E-state index in [1.165, 1.54) is 0 Å². The van der Waals surface area contributed by atoms with E-state index < -0.39 is 0 Å². The zero-order valence-corrected chi connectivity index (χ0v) is 10.2. The van der Waals surface area contributed by atoms with Crippen LogP contribution in [0.25, 0.3) is 0 Å². The molecule has 1 aliphatic rings. The number of halogens is 2. The molecule has 0 fully saturated rings. The second-order valence-corrected chi connectivity index (χ2v) is 6.63. The lowest BCUT2D eigenvalue weighted by Crippen LogP contribution is -2.24. The summed E-state index contributed by atoms with van der Waals surface area (Å²) in [5, 5.41) is 0. The van der Waals surface area contributed by atoms with Gasteiger partial charge >= 0.3 is 0 Å². The first-order valence-electron chi connectivity index (χ1n) is 3.92. The molecule has 2 heterocycles. The van der Waals surface area contributed by atoms with Crippen LogP contribution in [-0.2, 0) is 0 Å². The molecule has 0 aliphatic carbocycles. The Morgan fingerprint density at radius 2 is 1.93 bits per heavy atom. The van der Waals surface area contributed by atoms with E-state index in [4.69, 9.17) is 0 Å². The van der Waals surface area contributed by atoms with Gasteiger partial charge in [-0.25, -0.2) is 15.0 Å². The summed E-state index contributed by atoms with van der Waals surface area (Å²) in [6.45, 7) is 0.573. The van der Waals surface area contributed by atoms with Crippen molar-refractivity contribution in [3.05, 3.63) is 24.3 Å². The quantitative estimate of drug-likeness (QED) is 0.742. The molecule has 0 spiro atoms. The molecule has 0 saturated carbocycles. The number of aromatic nitrogens is 2. The molecule has 14 heavy (non-hydrogen) atoms. The van der Waals surface area contributed by atoms with Crippen molar-refractivity contribution in [1.29, 1.82) is 0 Å². The summed E-state index contributed by atoms with van der Waals surface area (Å²) in [5.41, 5.74) is 0. The number of aliphatic imine (C=N–C) groups is 2. The highest BCUT2D eigenvalue weighted by atomic mass is 79.9. The lowest BCUT2D eigenvalue weighted by atomic mass is 10.4. The fraction of sp³-hybridized carbons (Fsp3) is 0.250. The van der Waals surface area contributed by atoms with E-state index >= 15 is 0 Å². The molecule has 0 saturated heterocycles. The monoisotopic (exact) mass is 316 g/mol. The minimum Gasteiger partial charge on any atom is -0.261 e. The number of hydrogen-bond donors (Lipinski definition) is 0. The first kappa shape index (κ1) is 9.92. The Hall–Kier alpha value is -0.620. The van der Waals surface area contributed by atoms with Crippen LogP contribution >= 0.6 is 31.9 Å². The van der Waals surface area contributed by atoms with Crippen LogP contribution in [0.2, 0.25) is 0 Å². The molecular formula is C8H6Br2N4. The number of nitrogens with zero attached hydrogens (tertiary/aromatic N) is 4. The number of hydrogen-bond acceptors (Lipinski definition) is 4. The lowest BCUT2D eigenvalue weighted by molar-refractivity contribution is 1.00. The Kier molecular flexibility index (Phi) is 2.73.